The fourth-order valence-electron chi connectivity index (χ4n) is 1.60. The van der Waals surface area contributed by atoms with E-state index in [0.717, 1.165) is 0 Å². The third kappa shape index (κ3) is 3.93. The Bertz CT molecular complexity index is 498. The number of benzene rings is 1. The molecule has 0 saturated heterocycles. The number of carbonyl (C=O) groups excluding carboxylic acids is 1. The summed E-state index contributed by atoms with van der Waals surface area (Å²) in [5.41, 5.74) is -2.53. The molecule has 0 spiro atoms. The Balaban J connectivity index is 3.01. The number of amides is 1. The van der Waals surface area contributed by atoms with E-state index >= 15 is 0 Å². The molecule has 0 aliphatic rings. The van der Waals surface area contributed by atoms with Crippen LogP contribution in [0.15, 0.2) is 18.2 Å². The topological polar surface area (TPSA) is 41.1 Å². The Kier molecular flexibility index (Phi) is 4.75. The van der Waals surface area contributed by atoms with Gasteiger partial charge in [-0.25, -0.2) is 4.39 Å². The van der Waals surface area contributed by atoms with Gasteiger partial charge in [0.25, 0.3) is 0 Å². The van der Waals surface area contributed by atoms with Crippen LogP contribution in [0.5, 0.6) is 0 Å². The zero-order valence-corrected chi connectivity index (χ0v) is 11.4. The first-order valence-corrected chi connectivity index (χ1v) is 6.01. The van der Waals surface area contributed by atoms with Crippen LogP contribution in [0.4, 0.5) is 23.2 Å². The van der Waals surface area contributed by atoms with Gasteiger partial charge < -0.3 is 10.6 Å². The average Bonchev–Trinajstić information content (AvgIpc) is 2.30. The predicted octanol–water partition coefficient (Wildman–Crippen LogP) is 3.17. The molecule has 0 heterocycles. The zero-order chi connectivity index (χ0) is 15.6. The quantitative estimate of drug-likeness (QED) is 0.837. The summed E-state index contributed by atoms with van der Waals surface area (Å²) in [5, 5.41) is 5.02. The summed E-state index contributed by atoms with van der Waals surface area (Å²) in [6.45, 7) is 5.38. The first-order chi connectivity index (χ1) is 9.08. The highest BCUT2D eigenvalue weighted by molar-refractivity contribution is 5.97. The smallest absolute Gasteiger partial charge is 0.322 e. The molecule has 3 nitrogen and oxygen atoms in total. The van der Waals surface area contributed by atoms with Gasteiger partial charge in [0.2, 0.25) is 5.91 Å². The van der Waals surface area contributed by atoms with E-state index in [1.165, 1.54) is 0 Å². The lowest BCUT2D eigenvalue weighted by Gasteiger charge is -2.24. The maximum absolute atomic E-state index is 13.5. The Hall–Kier alpha value is -1.63. The first kappa shape index (κ1) is 16.4. The van der Waals surface area contributed by atoms with Crippen molar-refractivity contribution in [3.8, 4) is 0 Å². The number of anilines is 1. The zero-order valence-electron chi connectivity index (χ0n) is 11.4. The second-order valence-corrected chi connectivity index (χ2v) is 4.80. The monoisotopic (exact) mass is 292 g/mol. The average molecular weight is 292 g/mol. The van der Waals surface area contributed by atoms with Gasteiger partial charge in [-0.05, 0) is 38.6 Å². The fraction of sp³-hybridized carbons (Fsp3) is 0.462. The van der Waals surface area contributed by atoms with Gasteiger partial charge in [0.1, 0.15) is 5.82 Å². The van der Waals surface area contributed by atoms with Gasteiger partial charge in [-0.2, -0.15) is 13.2 Å². The molecular weight excluding hydrogens is 276 g/mol. The molecule has 1 aromatic carbocycles. The van der Waals surface area contributed by atoms with Gasteiger partial charge in [-0.15, -0.1) is 0 Å². The number of alkyl halides is 3. The van der Waals surface area contributed by atoms with Crippen LogP contribution >= 0.6 is 0 Å². The third-order valence-corrected chi connectivity index (χ3v) is 2.73. The van der Waals surface area contributed by atoms with E-state index in [0.29, 0.717) is 24.7 Å². The van der Waals surface area contributed by atoms with Crippen molar-refractivity contribution in [1.82, 2.24) is 5.32 Å². The summed E-state index contributed by atoms with van der Waals surface area (Å²) in [5.74, 6) is -1.53. The van der Waals surface area contributed by atoms with E-state index in [1.807, 2.05) is 0 Å². The van der Waals surface area contributed by atoms with E-state index in [9.17, 15) is 22.4 Å². The molecule has 2 N–H and O–H groups in total. The Labute approximate surface area is 114 Å². The van der Waals surface area contributed by atoms with Crippen molar-refractivity contribution >= 4 is 11.6 Å². The van der Waals surface area contributed by atoms with E-state index in [1.54, 1.807) is 20.8 Å². The van der Waals surface area contributed by atoms with Crippen LogP contribution in [0, 0.1) is 5.82 Å². The van der Waals surface area contributed by atoms with Crippen LogP contribution in [-0.2, 0) is 11.0 Å². The molecule has 1 rings (SSSR count). The molecule has 0 aliphatic carbocycles. The summed E-state index contributed by atoms with van der Waals surface area (Å²) in [6.07, 6.45) is -4.59. The Morgan fingerprint density at radius 1 is 1.25 bits per heavy atom. The predicted molar refractivity (Wildman–Crippen MR) is 67.8 cm³/mol. The van der Waals surface area contributed by atoms with E-state index in [-0.39, 0.29) is 0 Å². The second kappa shape index (κ2) is 5.78. The van der Waals surface area contributed by atoms with Gasteiger partial charge in [-0.3, -0.25) is 4.79 Å². The SMILES string of the molecule is CCNC(C)(C)C(=O)Nc1cc(C(F)(F)F)ccc1F. The molecule has 7 heteroatoms. The van der Waals surface area contributed by atoms with Crippen LogP contribution < -0.4 is 10.6 Å². The molecule has 0 aliphatic heterocycles. The number of nitrogens with one attached hydrogen (secondary N) is 2. The van der Waals surface area contributed by atoms with Crippen molar-refractivity contribution < 1.29 is 22.4 Å². The highest BCUT2D eigenvalue weighted by Crippen LogP contribution is 2.31. The summed E-state index contributed by atoms with van der Waals surface area (Å²) < 4.78 is 51.1. The minimum absolute atomic E-state index is 0.490. The number of rotatable bonds is 4. The number of hydrogen-bond donors (Lipinski definition) is 2. The molecule has 0 saturated carbocycles. The standard InChI is InChI=1S/C13H16F4N2O/c1-4-18-12(2,3)11(20)19-10-7-8(13(15,16)17)5-6-9(10)14/h5-7,18H,4H2,1-3H3,(H,19,20). The highest BCUT2D eigenvalue weighted by atomic mass is 19.4. The van der Waals surface area contributed by atoms with Crippen molar-refractivity contribution in [2.75, 3.05) is 11.9 Å². The van der Waals surface area contributed by atoms with Crippen molar-refractivity contribution in [3.63, 3.8) is 0 Å². The van der Waals surface area contributed by atoms with Crippen LogP contribution in [0.2, 0.25) is 0 Å². The van der Waals surface area contributed by atoms with Crippen LogP contribution in [0.1, 0.15) is 26.3 Å². The fourth-order valence-corrected chi connectivity index (χ4v) is 1.60. The van der Waals surface area contributed by atoms with Gasteiger partial charge in [-0.1, -0.05) is 6.92 Å². The third-order valence-electron chi connectivity index (χ3n) is 2.73. The van der Waals surface area contributed by atoms with Crippen molar-refractivity contribution in [2.24, 2.45) is 0 Å². The molecule has 0 atom stereocenters. The molecule has 20 heavy (non-hydrogen) atoms. The van der Waals surface area contributed by atoms with Gasteiger partial charge in [0, 0.05) is 0 Å². The second-order valence-electron chi connectivity index (χ2n) is 4.80. The summed E-state index contributed by atoms with van der Waals surface area (Å²) in [6, 6.07) is 1.88. The van der Waals surface area contributed by atoms with Crippen LogP contribution in [0.25, 0.3) is 0 Å². The largest absolute Gasteiger partial charge is 0.416 e. The lowest BCUT2D eigenvalue weighted by molar-refractivity contribution is -0.137. The maximum Gasteiger partial charge on any atom is 0.416 e. The molecule has 0 fully saturated rings. The molecule has 0 unspecified atom stereocenters. The van der Waals surface area contributed by atoms with Gasteiger partial charge in [0.15, 0.2) is 0 Å². The summed E-state index contributed by atoms with van der Waals surface area (Å²) >= 11 is 0. The molecule has 1 amide bonds. The normalized spacial score (nSPS) is 12.3. The Morgan fingerprint density at radius 3 is 2.35 bits per heavy atom. The lowest BCUT2D eigenvalue weighted by Crippen LogP contribution is -2.49. The van der Waals surface area contributed by atoms with E-state index in [4.69, 9.17) is 0 Å². The molecule has 0 radical (unpaired) electrons. The molecule has 112 valence electrons. The molecule has 0 bridgehead atoms. The number of halogens is 4. The summed E-state index contributed by atoms with van der Waals surface area (Å²) in [4.78, 5) is 11.9. The molecule has 0 aromatic heterocycles. The minimum Gasteiger partial charge on any atom is -0.322 e. The number of carbonyl (C=O) groups is 1. The maximum atomic E-state index is 13.5. The van der Waals surface area contributed by atoms with Crippen LogP contribution in [-0.4, -0.2) is 18.0 Å². The van der Waals surface area contributed by atoms with Crippen molar-refractivity contribution in [3.05, 3.63) is 29.6 Å². The van der Waals surface area contributed by atoms with E-state index < -0.39 is 34.7 Å². The first-order valence-electron chi connectivity index (χ1n) is 6.01. The summed E-state index contributed by atoms with van der Waals surface area (Å²) in [7, 11) is 0. The van der Waals surface area contributed by atoms with Gasteiger partial charge >= 0.3 is 6.18 Å². The van der Waals surface area contributed by atoms with Crippen molar-refractivity contribution in [2.45, 2.75) is 32.5 Å². The highest BCUT2D eigenvalue weighted by Gasteiger charge is 2.32. The van der Waals surface area contributed by atoms with Crippen LogP contribution in [0.3, 0.4) is 0 Å². The van der Waals surface area contributed by atoms with Crippen molar-refractivity contribution in [1.29, 1.82) is 0 Å². The minimum atomic E-state index is -4.59. The molecular formula is C13H16F4N2O. The Morgan fingerprint density at radius 2 is 1.85 bits per heavy atom. The molecule has 1 aromatic rings. The van der Waals surface area contributed by atoms with Gasteiger partial charge in [0.05, 0.1) is 16.8 Å². The van der Waals surface area contributed by atoms with E-state index in [2.05, 4.69) is 10.6 Å². The lowest BCUT2D eigenvalue weighted by atomic mass is 10.0. The number of likely N-dealkylation sites (N-methyl/N-ethyl adjacent to an activating group) is 1. The number of hydrogen-bond acceptors (Lipinski definition) is 2.